The Labute approximate surface area is 117 Å². The predicted molar refractivity (Wildman–Crippen MR) is 77.8 cm³/mol. The van der Waals surface area contributed by atoms with Crippen LogP contribution in [0.3, 0.4) is 0 Å². The minimum Gasteiger partial charge on any atom is -0.409 e. The van der Waals surface area contributed by atoms with E-state index in [1.54, 1.807) is 28.8 Å². The van der Waals surface area contributed by atoms with Crippen LogP contribution in [0.25, 0.3) is 0 Å². The van der Waals surface area contributed by atoms with Crippen LogP contribution in [0.2, 0.25) is 0 Å². The van der Waals surface area contributed by atoms with Crippen molar-refractivity contribution in [3.05, 3.63) is 29.8 Å². The molecule has 1 aromatic rings. The summed E-state index contributed by atoms with van der Waals surface area (Å²) in [6.45, 7) is 2.68. The first kappa shape index (κ1) is 15.4. The molecule has 1 rings (SSSR count). The number of nitrogens with zero attached hydrogens (tertiary/aromatic N) is 2. The highest BCUT2D eigenvalue weighted by molar-refractivity contribution is 7.98. The van der Waals surface area contributed by atoms with Crippen LogP contribution < -0.4 is 5.73 Å². The second-order valence-electron chi connectivity index (χ2n) is 4.05. The van der Waals surface area contributed by atoms with Crippen molar-refractivity contribution in [1.82, 2.24) is 4.90 Å². The molecule has 0 aliphatic heterocycles. The maximum absolute atomic E-state index is 12.3. The van der Waals surface area contributed by atoms with Crippen LogP contribution in [0.1, 0.15) is 23.7 Å². The summed E-state index contributed by atoms with van der Waals surface area (Å²) in [5, 5.41) is 11.5. The summed E-state index contributed by atoms with van der Waals surface area (Å²) in [5.41, 5.74) is 6.08. The van der Waals surface area contributed by atoms with Gasteiger partial charge in [-0.2, -0.15) is 0 Å². The van der Waals surface area contributed by atoms with Crippen LogP contribution in [-0.2, 0) is 0 Å². The van der Waals surface area contributed by atoms with Gasteiger partial charge in [0.1, 0.15) is 0 Å². The third-order valence-electron chi connectivity index (χ3n) is 2.60. The predicted octanol–water partition coefficient (Wildman–Crippen LogP) is 2.01. The average Bonchev–Trinajstić information content (AvgIpc) is 2.46. The van der Waals surface area contributed by atoms with Crippen LogP contribution in [0.15, 0.2) is 34.3 Å². The first-order valence-electron chi connectivity index (χ1n) is 6.02. The van der Waals surface area contributed by atoms with Crippen LogP contribution in [-0.4, -0.2) is 41.2 Å². The van der Waals surface area contributed by atoms with E-state index >= 15 is 0 Å². The van der Waals surface area contributed by atoms with Gasteiger partial charge in [-0.15, -0.1) is 11.8 Å². The molecule has 5 nitrogen and oxygen atoms in total. The molecule has 19 heavy (non-hydrogen) atoms. The van der Waals surface area contributed by atoms with Gasteiger partial charge in [0.05, 0.1) is 6.54 Å². The SMILES string of the molecule is CCCN(CC(N)=NO)C(=O)c1ccc(SC)cc1. The highest BCUT2D eigenvalue weighted by Crippen LogP contribution is 2.16. The number of hydrogen-bond donors (Lipinski definition) is 2. The summed E-state index contributed by atoms with van der Waals surface area (Å²) in [6, 6.07) is 7.41. The van der Waals surface area contributed by atoms with Crippen molar-refractivity contribution in [3.8, 4) is 0 Å². The molecule has 0 radical (unpaired) electrons. The lowest BCUT2D eigenvalue weighted by molar-refractivity contribution is 0.0778. The summed E-state index contributed by atoms with van der Waals surface area (Å²) >= 11 is 1.63. The first-order chi connectivity index (χ1) is 9.12. The van der Waals surface area contributed by atoms with Gasteiger partial charge in [-0.05, 0) is 36.9 Å². The number of rotatable bonds is 6. The van der Waals surface area contributed by atoms with Crippen LogP contribution in [0.4, 0.5) is 0 Å². The van der Waals surface area contributed by atoms with E-state index in [9.17, 15) is 4.79 Å². The highest BCUT2D eigenvalue weighted by Gasteiger charge is 2.16. The van der Waals surface area contributed by atoms with Crippen molar-refractivity contribution < 1.29 is 10.0 Å². The molecule has 0 heterocycles. The number of benzene rings is 1. The Bertz CT molecular complexity index is 446. The number of carbonyl (C=O) groups is 1. The Balaban J connectivity index is 2.85. The summed E-state index contributed by atoms with van der Waals surface area (Å²) < 4.78 is 0. The van der Waals surface area contributed by atoms with E-state index in [0.717, 1.165) is 11.3 Å². The van der Waals surface area contributed by atoms with Gasteiger partial charge >= 0.3 is 0 Å². The largest absolute Gasteiger partial charge is 0.409 e. The maximum atomic E-state index is 12.3. The molecule has 0 fully saturated rings. The van der Waals surface area contributed by atoms with Crippen LogP contribution in [0, 0.1) is 0 Å². The number of thioether (sulfide) groups is 1. The third-order valence-corrected chi connectivity index (χ3v) is 3.34. The molecule has 1 aromatic carbocycles. The minimum atomic E-state index is -0.110. The molecule has 0 aliphatic rings. The topological polar surface area (TPSA) is 78.9 Å². The zero-order valence-corrected chi connectivity index (χ0v) is 12.0. The molecule has 1 amide bonds. The van der Waals surface area contributed by atoms with Crippen molar-refractivity contribution >= 4 is 23.5 Å². The Hall–Kier alpha value is -1.69. The third kappa shape index (κ3) is 4.48. The number of amidine groups is 1. The van der Waals surface area contributed by atoms with Gasteiger partial charge in [-0.25, -0.2) is 0 Å². The number of nitrogens with two attached hydrogens (primary N) is 1. The maximum Gasteiger partial charge on any atom is 0.254 e. The lowest BCUT2D eigenvalue weighted by atomic mass is 10.2. The highest BCUT2D eigenvalue weighted by atomic mass is 32.2. The minimum absolute atomic E-state index is 0.0301. The van der Waals surface area contributed by atoms with E-state index in [4.69, 9.17) is 10.9 Å². The van der Waals surface area contributed by atoms with Crippen molar-refractivity contribution in [2.45, 2.75) is 18.2 Å². The first-order valence-corrected chi connectivity index (χ1v) is 7.24. The zero-order valence-electron chi connectivity index (χ0n) is 11.2. The van der Waals surface area contributed by atoms with Gasteiger partial charge in [-0.3, -0.25) is 4.79 Å². The Morgan fingerprint density at radius 2 is 2.05 bits per heavy atom. The zero-order chi connectivity index (χ0) is 14.3. The van der Waals surface area contributed by atoms with Crippen LogP contribution in [0.5, 0.6) is 0 Å². The van der Waals surface area contributed by atoms with Gasteiger partial charge in [-0.1, -0.05) is 12.1 Å². The molecular formula is C13H19N3O2S. The number of oxime groups is 1. The second kappa shape index (κ2) is 7.68. The number of carbonyl (C=O) groups excluding carboxylic acids is 1. The molecule has 0 saturated carbocycles. The molecule has 104 valence electrons. The van der Waals surface area contributed by atoms with Gasteiger partial charge < -0.3 is 15.8 Å². The van der Waals surface area contributed by atoms with E-state index in [1.165, 1.54) is 0 Å². The fourth-order valence-electron chi connectivity index (χ4n) is 1.67. The number of amides is 1. The molecule has 3 N–H and O–H groups in total. The Morgan fingerprint density at radius 3 is 2.53 bits per heavy atom. The molecule has 6 heteroatoms. The monoisotopic (exact) mass is 281 g/mol. The lowest BCUT2D eigenvalue weighted by Crippen LogP contribution is -2.39. The smallest absolute Gasteiger partial charge is 0.254 e. The fraction of sp³-hybridized carbons (Fsp3) is 0.385. The molecular weight excluding hydrogens is 262 g/mol. The summed E-state index contributed by atoms with van der Waals surface area (Å²) in [6.07, 6.45) is 2.80. The normalized spacial score (nSPS) is 11.4. The average molecular weight is 281 g/mol. The molecule has 0 unspecified atom stereocenters. The molecule has 0 aromatic heterocycles. The molecule has 0 saturated heterocycles. The van der Waals surface area contributed by atoms with Crippen molar-refractivity contribution in [1.29, 1.82) is 0 Å². The van der Waals surface area contributed by atoms with Gasteiger partial charge in [0, 0.05) is 17.0 Å². The van der Waals surface area contributed by atoms with Crippen LogP contribution >= 0.6 is 11.8 Å². The molecule has 0 spiro atoms. The Morgan fingerprint density at radius 1 is 1.42 bits per heavy atom. The van der Waals surface area contributed by atoms with E-state index in [1.807, 2.05) is 25.3 Å². The second-order valence-corrected chi connectivity index (χ2v) is 4.93. The quantitative estimate of drug-likeness (QED) is 0.275. The fourth-order valence-corrected chi connectivity index (χ4v) is 2.07. The van der Waals surface area contributed by atoms with Crippen molar-refractivity contribution in [3.63, 3.8) is 0 Å². The van der Waals surface area contributed by atoms with Gasteiger partial charge in [0.15, 0.2) is 5.84 Å². The lowest BCUT2D eigenvalue weighted by Gasteiger charge is -2.21. The van der Waals surface area contributed by atoms with E-state index in [0.29, 0.717) is 12.1 Å². The van der Waals surface area contributed by atoms with E-state index in [-0.39, 0.29) is 18.3 Å². The van der Waals surface area contributed by atoms with Crippen molar-refractivity contribution in [2.24, 2.45) is 10.9 Å². The van der Waals surface area contributed by atoms with E-state index < -0.39 is 0 Å². The van der Waals surface area contributed by atoms with Gasteiger partial charge in [0.25, 0.3) is 5.91 Å². The molecule has 0 bridgehead atoms. The summed E-state index contributed by atoms with van der Waals surface area (Å²) in [5.74, 6) is -0.0800. The number of hydrogen-bond acceptors (Lipinski definition) is 4. The van der Waals surface area contributed by atoms with E-state index in [2.05, 4.69) is 5.16 Å². The Kier molecular flexibility index (Phi) is 6.21. The standard InChI is InChI=1S/C13H19N3O2S/c1-3-8-16(9-12(14)15-18)13(17)10-4-6-11(19-2)7-5-10/h4-7,18H,3,8-9H2,1-2H3,(H2,14,15). The summed E-state index contributed by atoms with van der Waals surface area (Å²) in [4.78, 5) is 15.0. The molecule has 0 atom stereocenters. The summed E-state index contributed by atoms with van der Waals surface area (Å²) in [7, 11) is 0. The van der Waals surface area contributed by atoms with Gasteiger partial charge in [0.2, 0.25) is 0 Å². The van der Waals surface area contributed by atoms with Crippen molar-refractivity contribution in [2.75, 3.05) is 19.3 Å². The molecule has 0 aliphatic carbocycles.